The fourth-order valence-corrected chi connectivity index (χ4v) is 2.67. The molecule has 1 aromatic heterocycles. The van der Waals surface area contributed by atoms with Crippen LogP contribution in [0.15, 0.2) is 41.8 Å². The molecule has 1 heterocycles. The van der Waals surface area contributed by atoms with Gasteiger partial charge in [-0.25, -0.2) is 4.98 Å². The zero-order valence-electron chi connectivity index (χ0n) is 10.5. The van der Waals surface area contributed by atoms with E-state index in [9.17, 15) is 13.2 Å². The molecule has 0 saturated heterocycles. The van der Waals surface area contributed by atoms with Crippen LogP contribution in [0, 0.1) is 0 Å². The summed E-state index contributed by atoms with van der Waals surface area (Å²) in [7, 11) is -2.11. The van der Waals surface area contributed by atoms with E-state index in [1.165, 1.54) is 30.1 Å². The Balaban J connectivity index is 2.39. The summed E-state index contributed by atoms with van der Waals surface area (Å²) >= 11 is 0. The lowest BCUT2D eigenvalue weighted by molar-refractivity contribution is 0.101. The number of nitrogens with one attached hydrogen (secondary N) is 1. The van der Waals surface area contributed by atoms with Crippen LogP contribution in [-0.4, -0.2) is 23.8 Å². The molecule has 100 valence electrons. The quantitative estimate of drug-likeness (QED) is 0.858. The zero-order chi connectivity index (χ0) is 14.0. The van der Waals surface area contributed by atoms with E-state index in [0.29, 0.717) is 5.56 Å². The highest BCUT2D eigenvalue weighted by molar-refractivity contribution is 7.92. The standard InChI is InChI=1S/C12H13N3O3S/c1-9(16)10-5-3-4-6-11(10)14-19(17,18)12-7-15(2)8-13-12/h3-8,14H,1-2H3. The molecule has 0 atom stereocenters. The van der Waals surface area contributed by atoms with Gasteiger partial charge in [0.05, 0.1) is 12.0 Å². The molecule has 0 spiro atoms. The SMILES string of the molecule is CC(=O)c1ccccc1NS(=O)(=O)c1cn(C)cn1. The van der Waals surface area contributed by atoms with E-state index < -0.39 is 10.0 Å². The van der Waals surface area contributed by atoms with E-state index >= 15 is 0 Å². The average Bonchev–Trinajstić information content (AvgIpc) is 2.76. The fourth-order valence-electron chi connectivity index (χ4n) is 1.60. The maximum atomic E-state index is 12.1. The molecule has 0 unspecified atom stereocenters. The number of aryl methyl sites for hydroxylation is 1. The molecule has 0 radical (unpaired) electrons. The van der Waals surface area contributed by atoms with Crippen molar-refractivity contribution in [1.82, 2.24) is 9.55 Å². The molecule has 0 bridgehead atoms. The van der Waals surface area contributed by atoms with Crippen molar-refractivity contribution in [3.8, 4) is 0 Å². The molecule has 0 amide bonds. The predicted octanol–water partition coefficient (Wildman–Crippen LogP) is 1.42. The van der Waals surface area contributed by atoms with Gasteiger partial charge in [0.15, 0.2) is 10.8 Å². The summed E-state index contributed by atoms with van der Waals surface area (Å²) in [6.45, 7) is 1.38. The number of carbonyl (C=O) groups excluding carboxylic acids is 1. The number of Topliss-reactive ketones (excluding diaryl/α,β-unsaturated/α-hetero) is 1. The molecule has 1 aromatic carbocycles. The molecule has 7 heteroatoms. The molecule has 0 aliphatic rings. The summed E-state index contributed by atoms with van der Waals surface area (Å²) in [5, 5.41) is -0.0895. The Hall–Kier alpha value is -2.15. The van der Waals surface area contributed by atoms with Gasteiger partial charge in [-0.05, 0) is 19.1 Å². The lowest BCUT2D eigenvalue weighted by Crippen LogP contribution is -2.15. The minimum absolute atomic E-state index is 0.0895. The molecule has 1 N–H and O–H groups in total. The number of ketones is 1. The molecule has 0 aliphatic carbocycles. The fraction of sp³-hybridized carbons (Fsp3) is 0.167. The number of aromatic nitrogens is 2. The largest absolute Gasteiger partial charge is 0.339 e. The van der Waals surface area contributed by atoms with Gasteiger partial charge in [0, 0.05) is 18.8 Å². The molecule has 0 fully saturated rings. The Bertz CT molecular complexity index is 719. The maximum absolute atomic E-state index is 12.1. The molecule has 0 aliphatic heterocycles. The summed E-state index contributed by atoms with van der Waals surface area (Å²) < 4.78 is 28.1. The van der Waals surface area contributed by atoms with Gasteiger partial charge >= 0.3 is 0 Å². The summed E-state index contributed by atoms with van der Waals surface area (Å²) in [6, 6.07) is 6.44. The lowest BCUT2D eigenvalue weighted by Gasteiger charge is -2.09. The third-order valence-corrected chi connectivity index (χ3v) is 3.76. The highest BCUT2D eigenvalue weighted by Crippen LogP contribution is 2.19. The third kappa shape index (κ3) is 2.82. The summed E-state index contributed by atoms with van der Waals surface area (Å²) in [6.07, 6.45) is 2.78. The van der Waals surface area contributed by atoms with Crippen LogP contribution in [0.3, 0.4) is 0 Å². The van der Waals surface area contributed by atoms with Crippen molar-refractivity contribution in [1.29, 1.82) is 0 Å². The second-order valence-electron chi connectivity index (χ2n) is 4.08. The molecule has 6 nitrogen and oxygen atoms in total. The number of hydrogen-bond acceptors (Lipinski definition) is 4. The third-order valence-electron chi connectivity index (χ3n) is 2.51. The lowest BCUT2D eigenvalue weighted by atomic mass is 10.1. The molecule has 2 aromatic rings. The molecule has 0 saturated carbocycles. The van der Waals surface area contributed by atoms with Crippen molar-refractivity contribution < 1.29 is 13.2 Å². The molecular formula is C12H13N3O3S. The maximum Gasteiger partial charge on any atom is 0.280 e. The normalized spacial score (nSPS) is 11.3. The zero-order valence-corrected chi connectivity index (χ0v) is 11.3. The number of imidazole rings is 1. The van der Waals surface area contributed by atoms with Crippen LogP contribution in [0.4, 0.5) is 5.69 Å². The average molecular weight is 279 g/mol. The van der Waals surface area contributed by atoms with Gasteiger partial charge in [0.1, 0.15) is 0 Å². The van der Waals surface area contributed by atoms with Crippen molar-refractivity contribution in [3.05, 3.63) is 42.4 Å². The Morgan fingerprint density at radius 3 is 2.58 bits per heavy atom. The van der Waals surface area contributed by atoms with E-state index in [4.69, 9.17) is 0 Å². The van der Waals surface area contributed by atoms with E-state index in [-0.39, 0.29) is 16.5 Å². The first-order valence-corrected chi connectivity index (χ1v) is 6.99. The monoisotopic (exact) mass is 279 g/mol. The van der Waals surface area contributed by atoms with Gasteiger partial charge in [0.2, 0.25) is 0 Å². The Kier molecular flexibility index (Phi) is 3.39. The van der Waals surface area contributed by atoms with Crippen LogP contribution in [-0.2, 0) is 17.1 Å². The first kappa shape index (κ1) is 13.3. The number of carbonyl (C=O) groups is 1. The van der Waals surface area contributed by atoms with E-state index in [1.54, 1.807) is 25.2 Å². The van der Waals surface area contributed by atoms with Crippen LogP contribution in [0.1, 0.15) is 17.3 Å². The molecular weight excluding hydrogens is 266 g/mol. The number of hydrogen-bond donors (Lipinski definition) is 1. The Morgan fingerprint density at radius 2 is 2.00 bits per heavy atom. The van der Waals surface area contributed by atoms with Gasteiger partial charge in [-0.1, -0.05) is 12.1 Å². The van der Waals surface area contributed by atoms with Crippen LogP contribution in [0.5, 0.6) is 0 Å². The minimum atomic E-state index is -3.78. The van der Waals surface area contributed by atoms with E-state index in [1.807, 2.05) is 0 Å². The van der Waals surface area contributed by atoms with Gasteiger partial charge in [-0.2, -0.15) is 8.42 Å². The van der Waals surface area contributed by atoms with Gasteiger partial charge in [-0.15, -0.1) is 0 Å². The second kappa shape index (κ2) is 4.85. The second-order valence-corrected chi connectivity index (χ2v) is 5.71. The summed E-state index contributed by atoms with van der Waals surface area (Å²) in [5.41, 5.74) is 0.572. The highest BCUT2D eigenvalue weighted by atomic mass is 32.2. The first-order chi connectivity index (χ1) is 8.90. The number of para-hydroxylation sites is 1. The summed E-state index contributed by atoms with van der Waals surface area (Å²) in [5.74, 6) is -0.209. The van der Waals surface area contributed by atoms with Gasteiger partial charge in [-0.3, -0.25) is 9.52 Å². The van der Waals surface area contributed by atoms with Crippen molar-refractivity contribution in [3.63, 3.8) is 0 Å². The van der Waals surface area contributed by atoms with Gasteiger partial charge in [0.25, 0.3) is 10.0 Å². The summed E-state index contributed by atoms with van der Waals surface area (Å²) in [4.78, 5) is 15.2. The highest BCUT2D eigenvalue weighted by Gasteiger charge is 2.19. The number of sulfonamides is 1. The van der Waals surface area contributed by atoms with E-state index in [2.05, 4.69) is 9.71 Å². The number of benzene rings is 1. The van der Waals surface area contributed by atoms with Crippen molar-refractivity contribution in [2.45, 2.75) is 11.9 Å². The van der Waals surface area contributed by atoms with Crippen LogP contribution < -0.4 is 4.72 Å². The molecule has 2 rings (SSSR count). The van der Waals surface area contributed by atoms with E-state index in [0.717, 1.165) is 0 Å². The van der Waals surface area contributed by atoms with Gasteiger partial charge < -0.3 is 4.57 Å². The van der Waals surface area contributed by atoms with Crippen LogP contribution >= 0.6 is 0 Å². The topological polar surface area (TPSA) is 81.1 Å². The van der Waals surface area contributed by atoms with Crippen molar-refractivity contribution in [2.24, 2.45) is 7.05 Å². The van der Waals surface area contributed by atoms with Crippen LogP contribution in [0.25, 0.3) is 0 Å². The smallest absolute Gasteiger partial charge is 0.280 e. The number of rotatable bonds is 4. The molecule has 19 heavy (non-hydrogen) atoms. The van der Waals surface area contributed by atoms with Crippen molar-refractivity contribution in [2.75, 3.05) is 4.72 Å². The number of anilines is 1. The Morgan fingerprint density at radius 1 is 1.32 bits per heavy atom. The number of nitrogens with zero attached hydrogens (tertiary/aromatic N) is 2. The minimum Gasteiger partial charge on any atom is -0.339 e. The Labute approximate surface area is 111 Å². The van der Waals surface area contributed by atoms with Crippen LogP contribution in [0.2, 0.25) is 0 Å². The first-order valence-electron chi connectivity index (χ1n) is 5.51. The predicted molar refractivity (Wildman–Crippen MR) is 70.5 cm³/mol. The van der Waals surface area contributed by atoms with Crippen molar-refractivity contribution >= 4 is 21.5 Å².